The molecule has 9 nitrogen and oxygen atoms in total. The van der Waals surface area contributed by atoms with E-state index in [4.69, 9.17) is 14.5 Å². The lowest BCUT2D eigenvalue weighted by atomic mass is 9.82. The van der Waals surface area contributed by atoms with Gasteiger partial charge < -0.3 is 24.0 Å². The molecule has 3 aromatic heterocycles. The van der Waals surface area contributed by atoms with Crippen LogP contribution in [0.15, 0.2) is 43.2 Å². The smallest absolute Gasteiger partial charge is 0.337 e. The van der Waals surface area contributed by atoms with Crippen molar-refractivity contribution in [3.63, 3.8) is 0 Å². The van der Waals surface area contributed by atoms with Crippen molar-refractivity contribution in [3.8, 4) is 17.0 Å². The highest BCUT2D eigenvalue weighted by atomic mass is 16.5. The molecule has 0 radical (unpaired) electrons. The van der Waals surface area contributed by atoms with E-state index in [2.05, 4.69) is 28.7 Å². The number of aliphatic carboxylic acids is 1. The summed E-state index contributed by atoms with van der Waals surface area (Å²) in [6.07, 6.45) is 9.73. The van der Waals surface area contributed by atoms with Crippen LogP contribution in [0.3, 0.4) is 0 Å². The molecule has 1 saturated heterocycles. The van der Waals surface area contributed by atoms with Crippen molar-refractivity contribution < 1.29 is 19.4 Å². The molecular formula is C29H39N5O4. The second-order valence-corrected chi connectivity index (χ2v) is 11.6. The van der Waals surface area contributed by atoms with Gasteiger partial charge in [0.15, 0.2) is 6.10 Å². The van der Waals surface area contributed by atoms with Gasteiger partial charge >= 0.3 is 5.97 Å². The number of nitrogens with zero attached hydrogens (tertiary/aromatic N) is 5. The van der Waals surface area contributed by atoms with Gasteiger partial charge in [-0.1, -0.05) is 13.8 Å². The van der Waals surface area contributed by atoms with Crippen LogP contribution in [0.1, 0.15) is 64.8 Å². The van der Waals surface area contributed by atoms with Crippen molar-refractivity contribution >= 4 is 11.7 Å². The van der Waals surface area contributed by atoms with Crippen molar-refractivity contribution in [3.05, 3.63) is 54.5 Å². The van der Waals surface area contributed by atoms with Crippen LogP contribution >= 0.6 is 0 Å². The van der Waals surface area contributed by atoms with Gasteiger partial charge in [-0.2, -0.15) is 0 Å². The fourth-order valence-electron chi connectivity index (χ4n) is 4.69. The van der Waals surface area contributed by atoms with Gasteiger partial charge in [0.05, 0.1) is 36.1 Å². The SMILES string of the molecule is Cc1ncc(-c2ccc(OCCn3ccnc3)cn2)c(N2CCC(C)(C)CC2)c1[C@H](OC(C)(C)C)C(=O)O. The first-order valence-electron chi connectivity index (χ1n) is 13.1. The Morgan fingerprint density at radius 2 is 1.89 bits per heavy atom. The van der Waals surface area contributed by atoms with E-state index in [1.54, 1.807) is 24.9 Å². The highest BCUT2D eigenvalue weighted by Crippen LogP contribution is 2.43. The first kappa shape index (κ1) is 27.6. The number of anilines is 1. The summed E-state index contributed by atoms with van der Waals surface area (Å²) in [7, 11) is 0. The lowest BCUT2D eigenvalue weighted by molar-refractivity contribution is -0.160. The third-order valence-corrected chi connectivity index (χ3v) is 6.87. The van der Waals surface area contributed by atoms with Crippen LogP contribution in [0.4, 0.5) is 5.69 Å². The van der Waals surface area contributed by atoms with Crippen molar-refractivity contribution in [2.75, 3.05) is 24.6 Å². The van der Waals surface area contributed by atoms with Crippen LogP contribution in [0, 0.1) is 12.3 Å². The number of hydrogen-bond acceptors (Lipinski definition) is 7. The maximum absolute atomic E-state index is 12.5. The van der Waals surface area contributed by atoms with E-state index in [1.807, 2.05) is 50.6 Å². The molecule has 9 heteroatoms. The monoisotopic (exact) mass is 521 g/mol. The molecule has 1 atom stereocenters. The normalized spacial score (nSPS) is 16.3. The van der Waals surface area contributed by atoms with Crippen molar-refractivity contribution in [2.24, 2.45) is 5.41 Å². The maximum Gasteiger partial charge on any atom is 0.337 e. The third-order valence-electron chi connectivity index (χ3n) is 6.87. The summed E-state index contributed by atoms with van der Waals surface area (Å²) >= 11 is 0. The van der Waals surface area contributed by atoms with Crippen LogP contribution in [0.25, 0.3) is 11.3 Å². The summed E-state index contributed by atoms with van der Waals surface area (Å²) in [6.45, 7) is 14.8. The highest BCUT2D eigenvalue weighted by molar-refractivity contribution is 5.85. The maximum atomic E-state index is 12.5. The number of carboxylic acids is 1. The minimum absolute atomic E-state index is 0.237. The molecule has 1 fully saturated rings. The summed E-state index contributed by atoms with van der Waals surface area (Å²) in [4.78, 5) is 28.2. The van der Waals surface area contributed by atoms with Gasteiger partial charge in [0, 0.05) is 48.5 Å². The zero-order valence-electron chi connectivity index (χ0n) is 23.3. The summed E-state index contributed by atoms with van der Waals surface area (Å²) in [5.74, 6) is -0.370. The number of piperidine rings is 1. The van der Waals surface area contributed by atoms with Crippen LogP contribution in [-0.4, -0.2) is 55.9 Å². The molecule has 0 unspecified atom stereocenters. The quantitative estimate of drug-likeness (QED) is 0.405. The molecule has 0 bridgehead atoms. The number of pyridine rings is 2. The second kappa shape index (κ2) is 11.1. The molecule has 3 aromatic rings. The van der Waals surface area contributed by atoms with Crippen LogP contribution < -0.4 is 9.64 Å². The number of aryl methyl sites for hydroxylation is 1. The van der Waals surface area contributed by atoms with Crippen LogP contribution in [0.5, 0.6) is 5.75 Å². The first-order valence-corrected chi connectivity index (χ1v) is 13.1. The Hall–Kier alpha value is -3.46. The molecule has 0 aliphatic carbocycles. The Morgan fingerprint density at radius 1 is 1.16 bits per heavy atom. The predicted octanol–water partition coefficient (Wildman–Crippen LogP) is 5.29. The Kier molecular flexibility index (Phi) is 8.06. The van der Waals surface area contributed by atoms with Gasteiger partial charge in [-0.15, -0.1) is 0 Å². The summed E-state index contributed by atoms with van der Waals surface area (Å²) in [6, 6.07) is 3.79. The van der Waals surface area contributed by atoms with Crippen molar-refractivity contribution in [1.82, 2.24) is 19.5 Å². The van der Waals surface area contributed by atoms with Gasteiger partial charge in [-0.05, 0) is 58.1 Å². The largest absolute Gasteiger partial charge is 0.490 e. The number of aromatic nitrogens is 4. The predicted molar refractivity (Wildman–Crippen MR) is 146 cm³/mol. The van der Waals surface area contributed by atoms with E-state index in [0.29, 0.717) is 35.9 Å². The Bertz CT molecular complexity index is 1220. The fraction of sp³-hybridized carbons (Fsp3) is 0.517. The first-order chi connectivity index (χ1) is 17.9. The average molecular weight is 522 g/mol. The van der Waals surface area contributed by atoms with Gasteiger partial charge in [0.2, 0.25) is 0 Å². The summed E-state index contributed by atoms with van der Waals surface area (Å²) in [5, 5.41) is 10.3. The van der Waals surface area contributed by atoms with E-state index in [9.17, 15) is 9.90 Å². The minimum atomic E-state index is -1.15. The highest BCUT2D eigenvalue weighted by Gasteiger charge is 2.36. The zero-order chi connectivity index (χ0) is 27.5. The molecule has 4 rings (SSSR count). The van der Waals surface area contributed by atoms with E-state index in [1.165, 1.54) is 0 Å². The van der Waals surface area contributed by atoms with Crippen LogP contribution in [-0.2, 0) is 16.1 Å². The van der Waals surface area contributed by atoms with Gasteiger partial charge in [-0.25, -0.2) is 9.78 Å². The summed E-state index contributed by atoms with van der Waals surface area (Å²) in [5.41, 5.74) is 3.16. The molecular weight excluding hydrogens is 482 g/mol. The molecule has 1 aliphatic rings. The Labute approximate surface area is 224 Å². The number of carbonyl (C=O) groups is 1. The van der Waals surface area contributed by atoms with Crippen molar-refractivity contribution in [2.45, 2.75) is 72.6 Å². The van der Waals surface area contributed by atoms with Gasteiger partial charge in [-0.3, -0.25) is 9.97 Å². The number of hydrogen-bond donors (Lipinski definition) is 1. The molecule has 204 valence electrons. The number of imidazole rings is 1. The Morgan fingerprint density at radius 3 is 2.47 bits per heavy atom. The third kappa shape index (κ3) is 6.69. The fourth-order valence-corrected chi connectivity index (χ4v) is 4.69. The number of rotatable bonds is 9. The lowest BCUT2D eigenvalue weighted by Crippen LogP contribution is -2.39. The van der Waals surface area contributed by atoms with E-state index in [0.717, 1.165) is 37.2 Å². The zero-order valence-corrected chi connectivity index (χ0v) is 23.3. The molecule has 1 N–H and O–H groups in total. The van der Waals surface area contributed by atoms with E-state index >= 15 is 0 Å². The van der Waals surface area contributed by atoms with Gasteiger partial charge in [0.25, 0.3) is 0 Å². The molecule has 38 heavy (non-hydrogen) atoms. The van der Waals surface area contributed by atoms with E-state index in [-0.39, 0.29) is 5.41 Å². The van der Waals surface area contributed by atoms with Crippen LogP contribution in [0.2, 0.25) is 0 Å². The standard InChI is InChI=1S/C29H39N5O4/c1-20-24(26(27(35)36)38-28(2,3)4)25(34-12-9-29(5,6)10-13-34)22(18-31-20)23-8-7-21(17-32-23)37-16-15-33-14-11-30-19-33/h7-8,11,14,17-19,26H,9-10,12-13,15-16H2,1-6H3,(H,35,36)/t26-/m0/s1. The molecule has 0 spiro atoms. The minimum Gasteiger partial charge on any atom is -0.490 e. The van der Waals surface area contributed by atoms with Gasteiger partial charge in [0.1, 0.15) is 12.4 Å². The molecule has 0 aromatic carbocycles. The number of ether oxygens (including phenoxy) is 2. The number of carboxylic acid groups (broad SMARTS) is 1. The molecule has 0 saturated carbocycles. The Balaban J connectivity index is 1.71. The molecule has 4 heterocycles. The topological polar surface area (TPSA) is 103 Å². The average Bonchev–Trinajstić information content (AvgIpc) is 3.36. The van der Waals surface area contributed by atoms with E-state index < -0.39 is 17.7 Å². The molecule has 0 amide bonds. The van der Waals surface area contributed by atoms with Crippen molar-refractivity contribution in [1.29, 1.82) is 0 Å². The second-order valence-electron chi connectivity index (χ2n) is 11.6. The lowest BCUT2D eigenvalue weighted by Gasteiger charge is -2.40. The molecule has 1 aliphatic heterocycles. The summed E-state index contributed by atoms with van der Waals surface area (Å²) < 4.78 is 13.9.